The number of nitrogens with one attached hydrogen (secondary N) is 2. The van der Waals surface area contributed by atoms with Crippen LogP contribution in [0.3, 0.4) is 0 Å². The number of hydrogen-bond acceptors (Lipinski definition) is 6. The fraction of sp³-hybridized carbons (Fsp3) is 0.421. The summed E-state index contributed by atoms with van der Waals surface area (Å²) in [5.41, 5.74) is 1.37. The lowest BCUT2D eigenvalue weighted by Gasteiger charge is -2.35. The first-order chi connectivity index (χ1) is 12.9. The third kappa shape index (κ3) is 5.07. The number of carbonyl (C=O) groups excluding carboxylic acids is 2. The van der Waals surface area contributed by atoms with Crippen LogP contribution >= 0.6 is 0 Å². The molecule has 144 valence electrons. The number of nitrogens with zero attached hydrogens (tertiary/aromatic N) is 2. The Morgan fingerprint density at radius 2 is 1.85 bits per heavy atom. The number of aryl methyl sites for hydroxylation is 1. The molecule has 2 heterocycles. The van der Waals surface area contributed by atoms with Gasteiger partial charge >= 0.3 is 0 Å². The van der Waals surface area contributed by atoms with Crippen LogP contribution in [0.4, 0.5) is 11.5 Å². The van der Waals surface area contributed by atoms with Crippen LogP contribution in [0.15, 0.2) is 34.9 Å². The molecule has 1 saturated heterocycles. The number of benzene rings is 1. The predicted octanol–water partition coefficient (Wildman–Crippen LogP) is 2.28. The minimum atomic E-state index is -0.236. The van der Waals surface area contributed by atoms with Gasteiger partial charge in [0.05, 0.1) is 18.8 Å². The van der Waals surface area contributed by atoms with Gasteiger partial charge in [0.15, 0.2) is 5.82 Å². The average Bonchev–Trinajstić information content (AvgIpc) is 3.03. The van der Waals surface area contributed by atoms with Crippen molar-refractivity contribution in [2.24, 2.45) is 0 Å². The number of anilines is 2. The van der Waals surface area contributed by atoms with Crippen molar-refractivity contribution in [2.75, 3.05) is 30.3 Å². The molecule has 8 heteroatoms. The molecule has 1 aromatic heterocycles. The molecule has 3 rings (SSSR count). The first kappa shape index (κ1) is 18.9. The number of carbonyl (C=O) groups is 2. The van der Waals surface area contributed by atoms with Gasteiger partial charge in [0.2, 0.25) is 5.91 Å². The van der Waals surface area contributed by atoms with Gasteiger partial charge < -0.3 is 24.8 Å². The van der Waals surface area contributed by atoms with Crippen LogP contribution in [0, 0.1) is 6.92 Å². The molecule has 2 unspecified atom stereocenters. The monoisotopic (exact) mass is 372 g/mol. The second-order valence-corrected chi connectivity index (χ2v) is 6.77. The predicted molar refractivity (Wildman–Crippen MR) is 101 cm³/mol. The number of amides is 2. The highest BCUT2D eigenvalue weighted by atomic mass is 16.5. The fourth-order valence-corrected chi connectivity index (χ4v) is 3.05. The van der Waals surface area contributed by atoms with Crippen LogP contribution in [0.2, 0.25) is 0 Å². The zero-order valence-corrected chi connectivity index (χ0v) is 15.7. The number of rotatable bonds is 5. The molecule has 0 aliphatic carbocycles. The average molecular weight is 372 g/mol. The van der Waals surface area contributed by atoms with Gasteiger partial charge in [0, 0.05) is 30.4 Å². The molecule has 8 nitrogen and oxygen atoms in total. The second-order valence-electron chi connectivity index (χ2n) is 6.77. The van der Waals surface area contributed by atoms with Crippen LogP contribution in [0.25, 0.3) is 0 Å². The summed E-state index contributed by atoms with van der Waals surface area (Å²) in [4.78, 5) is 26.4. The van der Waals surface area contributed by atoms with Gasteiger partial charge in [-0.05, 0) is 45.0 Å². The van der Waals surface area contributed by atoms with Gasteiger partial charge in [-0.3, -0.25) is 9.59 Å². The summed E-state index contributed by atoms with van der Waals surface area (Å²) in [5, 5.41) is 9.36. The molecule has 0 bridgehead atoms. The van der Waals surface area contributed by atoms with E-state index in [0.717, 1.165) is 5.69 Å². The summed E-state index contributed by atoms with van der Waals surface area (Å²) in [7, 11) is 0. The summed E-state index contributed by atoms with van der Waals surface area (Å²) in [6.07, 6.45) is 0.0660. The normalized spacial score (nSPS) is 19.6. The van der Waals surface area contributed by atoms with Crippen molar-refractivity contribution in [3.63, 3.8) is 0 Å². The van der Waals surface area contributed by atoms with Crippen molar-refractivity contribution in [3.8, 4) is 0 Å². The highest BCUT2D eigenvalue weighted by Gasteiger charge is 2.26. The fourth-order valence-electron chi connectivity index (χ4n) is 3.05. The Labute approximate surface area is 157 Å². The second kappa shape index (κ2) is 8.22. The van der Waals surface area contributed by atoms with Crippen LogP contribution in [0.5, 0.6) is 0 Å². The van der Waals surface area contributed by atoms with Crippen LogP contribution < -0.4 is 10.6 Å². The molecule has 2 N–H and O–H groups in total. The Hall–Kier alpha value is -2.87. The van der Waals surface area contributed by atoms with E-state index >= 15 is 0 Å². The number of hydrogen-bond donors (Lipinski definition) is 2. The van der Waals surface area contributed by atoms with Crippen LogP contribution in [-0.4, -0.2) is 53.7 Å². The zero-order chi connectivity index (χ0) is 19.4. The van der Waals surface area contributed by atoms with Crippen molar-refractivity contribution in [2.45, 2.75) is 33.0 Å². The van der Waals surface area contributed by atoms with E-state index in [9.17, 15) is 9.59 Å². The Morgan fingerprint density at radius 3 is 2.44 bits per heavy atom. The largest absolute Gasteiger partial charge is 0.376 e. The maximum absolute atomic E-state index is 12.6. The lowest BCUT2D eigenvalue weighted by Crippen LogP contribution is -2.48. The molecule has 1 aliphatic rings. The maximum Gasteiger partial charge on any atom is 0.254 e. The third-order valence-corrected chi connectivity index (χ3v) is 4.19. The molecule has 1 fully saturated rings. The highest BCUT2D eigenvalue weighted by molar-refractivity contribution is 5.95. The molecule has 27 heavy (non-hydrogen) atoms. The van der Waals surface area contributed by atoms with E-state index in [2.05, 4.69) is 15.8 Å². The van der Waals surface area contributed by atoms with Gasteiger partial charge in [0.1, 0.15) is 5.76 Å². The van der Waals surface area contributed by atoms with Gasteiger partial charge in [-0.1, -0.05) is 5.16 Å². The first-order valence-electron chi connectivity index (χ1n) is 8.92. The minimum absolute atomic E-state index is 0.0114. The topological polar surface area (TPSA) is 96.7 Å². The molecule has 1 aliphatic heterocycles. The standard InChI is InChI=1S/C19H24N4O4/c1-12-8-17(22-27-12)21-18(24)9-20-16-6-4-15(5-7-16)19(25)23-10-13(2)26-14(3)11-23/h4-8,13-14,20H,9-11H2,1-3H3,(H,21,22,24). The third-order valence-electron chi connectivity index (χ3n) is 4.19. The molecule has 0 radical (unpaired) electrons. The number of morpholine rings is 1. The van der Waals surface area contributed by atoms with Crippen molar-refractivity contribution < 1.29 is 18.8 Å². The van der Waals surface area contributed by atoms with E-state index in [0.29, 0.717) is 30.2 Å². The van der Waals surface area contributed by atoms with Crippen molar-refractivity contribution in [1.29, 1.82) is 0 Å². The number of aromatic nitrogens is 1. The lowest BCUT2D eigenvalue weighted by atomic mass is 10.1. The molecule has 1 aromatic carbocycles. The molecular formula is C19H24N4O4. The number of ether oxygens (including phenoxy) is 1. The van der Waals surface area contributed by atoms with Gasteiger partial charge in [0.25, 0.3) is 5.91 Å². The van der Waals surface area contributed by atoms with Gasteiger partial charge in [-0.2, -0.15) is 0 Å². The summed E-state index contributed by atoms with van der Waals surface area (Å²) >= 11 is 0. The molecule has 2 amide bonds. The Balaban J connectivity index is 1.52. The minimum Gasteiger partial charge on any atom is -0.376 e. The van der Waals surface area contributed by atoms with Crippen molar-refractivity contribution >= 4 is 23.3 Å². The lowest BCUT2D eigenvalue weighted by molar-refractivity contribution is -0.114. The highest BCUT2D eigenvalue weighted by Crippen LogP contribution is 2.16. The zero-order valence-electron chi connectivity index (χ0n) is 15.7. The molecular weight excluding hydrogens is 348 g/mol. The summed E-state index contributed by atoms with van der Waals surface area (Å²) in [5.74, 6) is 0.763. The maximum atomic E-state index is 12.6. The molecule has 0 spiro atoms. The van der Waals surface area contributed by atoms with E-state index in [-0.39, 0.29) is 30.6 Å². The van der Waals surface area contributed by atoms with E-state index in [4.69, 9.17) is 9.26 Å². The van der Waals surface area contributed by atoms with E-state index in [1.165, 1.54) is 0 Å². The first-order valence-corrected chi connectivity index (χ1v) is 8.92. The van der Waals surface area contributed by atoms with Crippen LogP contribution in [-0.2, 0) is 9.53 Å². The SMILES string of the molecule is Cc1cc(NC(=O)CNc2ccc(C(=O)N3CC(C)OC(C)C3)cc2)no1. The summed E-state index contributed by atoms with van der Waals surface area (Å²) in [6, 6.07) is 8.73. The van der Waals surface area contributed by atoms with E-state index in [1.807, 2.05) is 18.7 Å². The Kier molecular flexibility index (Phi) is 5.75. The van der Waals surface area contributed by atoms with Crippen molar-refractivity contribution in [3.05, 3.63) is 41.7 Å². The smallest absolute Gasteiger partial charge is 0.254 e. The molecule has 0 saturated carbocycles. The van der Waals surface area contributed by atoms with Gasteiger partial charge in [-0.15, -0.1) is 0 Å². The van der Waals surface area contributed by atoms with E-state index < -0.39 is 0 Å². The molecule has 2 aromatic rings. The quantitative estimate of drug-likeness (QED) is 0.836. The van der Waals surface area contributed by atoms with Gasteiger partial charge in [-0.25, -0.2) is 0 Å². The summed E-state index contributed by atoms with van der Waals surface area (Å²) in [6.45, 7) is 6.94. The van der Waals surface area contributed by atoms with E-state index in [1.54, 1.807) is 37.3 Å². The summed E-state index contributed by atoms with van der Waals surface area (Å²) < 4.78 is 10.6. The Morgan fingerprint density at radius 1 is 1.19 bits per heavy atom. The van der Waals surface area contributed by atoms with Crippen molar-refractivity contribution in [1.82, 2.24) is 10.1 Å². The molecule has 2 atom stereocenters. The van der Waals surface area contributed by atoms with Crippen LogP contribution in [0.1, 0.15) is 30.0 Å². The Bertz CT molecular complexity index is 792.